The van der Waals surface area contributed by atoms with Crippen LogP contribution in [0.3, 0.4) is 0 Å². The second kappa shape index (κ2) is 4.45. The molecule has 2 nitrogen and oxygen atoms in total. The summed E-state index contributed by atoms with van der Waals surface area (Å²) in [6.45, 7) is 3.77. The van der Waals surface area contributed by atoms with Crippen molar-refractivity contribution in [3.05, 3.63) is 53.3 Å². The van der Waals surface area contributed by atoms with E-state index in [1.54, 1.807) is 12.1 Å². The van der Waals surface area contributed by atoms with Gasteiger partial charge in [0.05, 0.1) is 5.69 Å². The summed E-state index contributed by atoms with van der Waals surface area (Å²) in [5, 5.41) is 0. The fraction of sp³-hybridized carbons (Fsp3) is 0.143. The van der Waals surface area contributed by atoms with Crippen molar-refractivity contribution < 1.29 is 9.13 Å². The predicted molar refractivity (Wildman–Crippen MR) is 66.8 cm³/mol. The van der Waals surface area contributed by atoms with Gasteiger partial charge in [-0.2, -0.15) is 0 Å². The monoisotopic (exact) mass is 231 g/mol. The van der Waals surface area contributed by atoms with Gasteiger partial charge >= 0.3 is 0 Å². The van der Waals surface area contributed by atoms with Crippen LogP contribution in [0.4, 0.5) is 10.1 Å². The van der Waals surface area contributed by atoms with Gasteiger partial charge in [0, 0.05) is 6.07 Å². The molecule has 0 aromatic heterocycles. The Morgan fingerprint density at radius 2 is 1.82 bits per heavy atom. The minimum Gasteiger partial charge on any atom is -0.455 e. The fourth-order valence-electron chi connectivity index (χ4n) is 1.61. The topological polar surface area (TPSA) is 35.2 Å². The highest BCUT2D eigenvalue weighted by molar-refractivity contribution is 5.58. The maximum absolute atomic E-state index is 13.1. The van der Waals surface area contributed by atoms with Crippen LogP contribution in [0, 0.1) is 19.7 Å². The van der Waals surface area contributed by atoms with Gasteiger partial charge in [-0.25, -0.2) is 4.39 Å². The minimum atomic E-state index is -0.322. The smallest absolute Gasteiger partial charge is 0.153 e. The molecule has 0 aliphatic heterocycles. The van der Waals surface area contributed by atoms with Crippen molar-refractivity contribution in [1.82, 2.24) is 0 Å². The van der Waals surface area contributed by atoms with Crippen molar-refractivity contribution in [2.24, 2.45) is 0 Å². The van der Waals surface area contributed by atoms with Gasteiger partial charge in [0.25, 0.3) is 0 Å². The normalized spacial score (nSPS) is 10.3. The first-order valence-corrected chi connectivity index (χ1v) is 5.37. The average molecular weight is 231 g/mol. The number of hydrogen-bond acceptors (Lipinski definition) is 2. The Morgan fingerprint density at radius 3 is 2.53 bits per heavy atom. The molecule has 0 saturated heterocycles. The van der Waals surface area contributed by atoms with Crippen molar-refractivity contribution in [2.75, 3.05) is 5.73 Å². The highest BCUT2D eigenvalue weighted by Crippen LogP contribution is 2.32. The van der Waals surface area contributed by atoms with Crippen molar-refractivity contribution in [3.63, 3.8) is 0 Å². The summed E-state index contributed by atoms with van der Waals surface area (Å²) in [7, 11) is 0. The van der Waals surface area contributed by atoms with Gasteiger partial charge in [0.2, 0.25) is 0 Å². The largest absolute Gasteiger partial charge is 0.455 e. The molecule has 0 saturated carbocycles. The molecule has 3 heteroatoms. The van der Waals surface area contributed by atoms with E-state index in [4.69, 9.17) is 10.5 Å². The van der Waals surface area contributed by atoms with E-state index in [0.29, 0.717) is 17.2 Å². The van der Waals surface area contributed by atoms with Crippen LogP contribution in [0.1, 0.15) is 11.1 Å². The van der Waals surface area contributed by atoms with Crippen molar-refractivity contribution in [2.45, 2.75) is 13.8 Å². The maximum atomic E-state index is 13.1. The number of nitrogen functional groups attached to an aromatic ring is 1. The van der Waals surface area contributed by atoms with Crippen LogP contribution in [-0.2, 0) is 0 Å². The number of benzene rings is 2. The highest BCUT2D eigenvalue weighted by Gasteiger charge is 2.08. The van der Waals surface area contributed by atoms with Crippen LogP contribution in [-0.4, -0.2) is 0 Å². The molecule has 0 fully saturated rings. The molecular weight excluding hydrogens is 217 g/mol. The first-order chi connectivity index (χ1) is 8.08. The molecule has 2 aromatic rings. The lowest BCUT2D eigenvalue weighted by atomic mass is 10.2. The van der Waals surface area contributed by atoms with Crippen LogP contribution < -0.4 is 10.5 Å². The standard InChI is InChI=1S/C14H14FNO/c1-9-6-7-11(15)8-13(9)17-14-10(2)4-3-5-12(14)16/h3-8H,16H2,1-2H3. The summed E-state index contributed by atoms with van der Waals surface area (Å²) in [5.41, 5.74) is 8.18. The number of rotatable bonds is 2. The predicted octanol–water partition coefficient (Wildman–Crippen LogP) is 3.82. The highest BCUT2D eigenvalue weighted by atomic mass is 19.1. The SMILES string of the molecule is Cc1ccc(F)cc1Oc1c(C)cccc1N. The van der Waals surface area contributed by atoms with E-state index >= 15 is 0 Å². The van der Waals surface area contributed by atoms with E-state index in [2.05, 4.69) is 0 Å². The zero-order chi connectivity index (χ0) is 12.4. The number of aryl methyl sites for hydroxylation is 2. The summed E-state index contributed by atoms with van der Waals surface area (Å²) in [6.07, 6.45) is 0. The molecule has 0 amide bonds. The van der Waals surface area contributed by atoms with Crippen LogP contribution in [0.15, 0.2) is 36.4 Å². The molecule has 0 spiro atoms. The Kier molecular flexibility index (Phi) is 3.00. The summed E-state index contributed by atoms with van der Waals surface area (Å²) in [6, 6.07) is 9.97. The minimum absolute atomic E-state index is 0.322. The third kappa shape index (κ3) is 2.38. The van der Waals surface area contributed by atoms with Crippen molar-refractivity contribution in [1.29, 1.82) is 0 Å². The van der Waals surface area contributed by atoms with E-state index in [1.165, 1.54) is 12.1 Å². The fourth-order valence-corrected chi connectivity index (χ4v) is 1.61. The lowest BCUT2D eigenvalue weighted by Crippen LogP contribution is -1.96. The molecule has 0 radical (unpaired) electrons. The molecule has 0 atom stereocenters. The van der Waals surface area contributed by atoms with E-state index in [1.807, 2.05) is 26.0 Å². The maximum Gasteiger partial charge on any atom is 0.153 e. The summed E-state index contributed by atoms with van der Waals surface area (Å²) >= 11 is 0. The van der Waals surface area contributed by atoms with Gasteiger partial charge in [-0.05, 0) is 37.1 Å². The zero-order valence-corrected chi connectivity index (χ0v) is 9.83. The molecule has 0 heterocycles. The molecule has 17 heavy (non-hydrogen) atoms. The summed E-state index contributed by atoms with van der Waals surface area (Å²) in [5.74, 6) is 0.755. The first kappa shape index (κ1) is 11.5. The molecular formula is C14H14FNO. The van der Waals surface area contributed by atoms with E-state index in [-0.39, 0.29) is 5.82 Å². The van der Waals surface area contributed by atoms with Gasteiger partial charge in [-0.1, -0.05) is 18.2 Å². The third-order valence-electron chi connectivity index (χ3n) is 2.60. The Hall–Kier alpha value is -2.03. The lowest BCUT2D eigenvalue weighted by Gasteiger charge is -2.13. The third-order valence-corrected chi connectivity index (χ3v) is 2.60. The second-order valence-electron chi connectivity index (χ2n) is 4.01. The van der Waals surface area contributed by atoms with Gasteiger partial charge in [-0.15, -0.1) is 0 Å². The molecule has 0 unspecified atom stereocenters. The molecule has 0 bridgehead atoms. The molecule has 2 rings (SSSR count). The number of halogens is 1. The second-order valence-corrected chi connectivity index (χ2v) is 4.01. The Morgan fingerprint density at radius 1 is 1.06 bits per heavy atom. The number of nitrogens with two attached hydrogens (primary N) is 1. The van der Waals surface area contributed by atoms with Crippen LogP contribution in [0.5, 0.6) is 11.5 Å². The molecule has 88 valence electrons. The lowest BCUT2D eigenvalue weighted by molar-refractivity contribution is 0.471. The average Bonchev–Trinajstić information content (AvgIpc) is 2.28. The summed E-state index contributed by atoms with van der Waals surface area (Å²) in [4.78, 5) is 0. The number of hydrogen-bond donors (Lipinski definition) is 1. The van der Waals surface area contributed by atoms with Gasteiger partial charge in [-0.3, -0.25) is 0 Å². The van der Waals surface area contributed by atoms with Crippen LogP contribution >= 0.6 is 0 Å². The van der Waals surface area contributed by atoms with E-state index in [9.17, 15) is 4.39 Å². The summed E-state index contributed by atoms with van der Waals surface area (Å²) < 4.78 is 18.8. The zero-order valence-electron chi connectivity index (χ0n) is 9.83. The number of para-hydroxylation sites is 1. The van der Waals surface area contributed by atoms with E-state index in [0.717, 1.165) is 11.1 Å². The van der Waals surface area contributed by atoms with Gasteiger partial charge in [0.15, 0.2) is 5.75 Å². The van der Waals surface area contributed by atoms with Crippen LogP contribution in [0.2, 0.25) is 0 Å². The van der Waals surface area contributed by atoms with Gasteiger partial charge in [0.1, 0.15) is 11.6 Å². The Balaban J connectivity index is 2.41. The van der Waals surface area contributed by atoms with Crippen molar-refractivity contribution >= 4 is 5.69 Å². The molecule has 0 aliphatic rings. The van der Waals surface area contributed by atoms with Crippen LogP contribution in [0.25, 0.3) is 0 Å². The molecule has 2 aromatic carbocycles. The Labute approximate surface area is 99.8 Å². The van der Waals surface area contributed by atoms with E-state index < -0.39 is 0 Å². The number of anilines is 1. The number of ether oxygens (including phenoxy) is 1. The first-order valence-electron chi connectivity index (χ1n) is 5.37. The quantitative estimate of drug-likeness (QED) is 0.797. The molecule has 0 aliphatic carbocycles. The Bertz CT molecular complexity index is 532. The van der Waals surface area contributed by atoms with Crippen molar-refractivity contribution in [3.8, 4) is 11.5 Å². The molecule has 2 N–H and O–H groups in total. The van der Waals surface area contributed by atoms with Gasteiger partial charge < -0.3 is 10.5 Å².